The Morgan fingerprint density at radius 2 is 1.87 bits per heavy atom. The maximum absolute atomic E-state index is 11.9. The van der Waals surface area contributed by atoms with Crippen molar-refractivity contribution in [1.29, 1.82) is 0 Å². The van der Waals surface area contributed by atoms with Crippen molar-refractivity contribution < 1.29 is 14.7 Å². The second kappa shape index (κ2) is 8.89. The van der Waals surface area contributed by atoms with Crippen LogP contribution in [0, 0.1) is 0 Å². The summed E-state index contributed by atoms with van der Waals surface area (Å²) in [6, 6.07) is 6.53. The van der Waals surface area contributed by atoms with Gasteiger partial charge >= 0.3 is 0 Å². The molecule has 0 bridgehead atoms. The highest BCUT2D eigenvalue weighted by atomic mass is 35.5. The summed E-state index contributed by atoms with van der Waals surface area (Å²) in [4.78, 5) is 23.7. The van der Waals surface area contributed by atoms with Crippen LogP contribution in [0.5, 0.6) is 0 Å². The van der Waals surface area contributed by atoms with Crippen molar-refractivity contribution in [1.82, 2.24) is 10.6 Å². The van der Waals surface area contributed by atoms with Crippen LogP contribution in [0.25, 0.3) is 0 Å². The second-order valence-corrected chi connectivity index (χ2v) is 6.33. The molecule has 23 heavy (non-hydrogen) atoms. The lowest BCUT2D eigenvalue weighted by atomic mass is 9.92. The summed E-state index contributed by atoms with van der Waals surface area (Å²) < 4.78 is 0. The number of hydrogen-bond donors (Lipinski definition) is 3. The number of nitrogens with one attached hydrogen (secondary N) is 2. The highest BCUT2D eigenvalue weighted by molar-refractivity contribution is 6.30. The number of aliphatic hydroxyl groups is 1. The van der Waals surface area contributed by atoms with Gasteiger partial charge < -0.3 is 15.7 Å². The van der Waals surface area contributed by atoms with Crippen LogP contribution in [0.4, 0.5) is 0 Å². The Morgan fingerprint density at radius 3 is 2.57 bits per heavy atom. The van der Waals surface area contributed by atoms with Gasteiger partial charge in [-0.2, -0.15) is 0 Å². The Bertz CT molecular complexity index is 533. The summed E-state index contributed by atoms with van der Waals surface area (Å²) in [5, 5.41) is 16.1. The van der Waals surface area contributed by atoms with Gasteiger partial charge in [0.1, 0.15) is 0 Å². The topological polar surface area (TPSA) is 78.4 Å². The van der Waals surface area contributed by atoms with Crippen molar-refractivity contribution in [3.8, 4) is 0 Å². The van der Waals surface area contributed by atoms with Crippen molar-refractivity contribution in [3.63, 3.8) is 0 Å². The Labute approximate surface area is 141 Å². The summed E-state index contributed by atoms with van der Waals surface area (Å²) in [6.07, 6.45) is 4.11. The van der Waals surface area contributed by atoms with E-state index < -0.39 is 6.10 Å². The van der Waals surface area contributed by atoms with Gasteiger partial charge in [0, 0.05) is 23.6 Å². The van der Waals surface area contributed by atoms with Crippen molar-refractivity contribution in [2.24, 2.45) is 0 Å². The van der Waals surface area contributed by atoms with Gasteiger partial charge in [-0.3, -0.25) is 9.59 Å². The molecule has 1 aliphatic rings. The molecule has 0 aliphatic heterocycles. The standard InChI is InChI=1S/C17H23ClN2O3/c18-13-9-7-12(8-10-13)17(23)19-11-3-6-16(22)20-14-4-1-2-5-15(14)21/h7-10,14-15,21H,1-6,11H2,(H,19,23)(H,20,22). The normalized spacial score (nSPS) is 20.8. The van der Waals surface area contributed by atoms with E-state index in [-0.39, 0.29) is 17.9 Å². The first kappa shape index (κ1) is 17.8. The lowest BCUT2D eigenvalue weighted by Gasteiger charge is -2.28. The minimum Gasteiger partial charge on any atom is -0.391 e. The molecule has 2 atom stereocenters. The van der Waals surface area contributed by atoms with E-state index in [1.807, 2.05) is 0 Å². The number of carbonyl (C=O) groups is 2. The van der Waals surface area contributed by atoms with E-state index in [4.69, 9.17) is 11.6 Å². The fourth-order valence-electron chi connectivity index (χ4n) is 2.71. The molecule has 2 amide bonds. The third-order valence-corrected chi connectivity index (χ3v) is 4.30. The Balaban J connectivity index is 1.63. The summed E-state index contributed by atoms with van der Waals surface area (Å²) in [5.74, 6) is -0.249. The van der Waals surface area contributed by atoms with Crippen molar-refractivity contribution in [2.75, 3.05) is 6.54 Å². The van der Waals surface area contributed by atoms with Crippen LogP contribution in [0.3, 0.4) is 0 Å². The molecule has 126 valence electrons. The first-order valence-electron chi connectivity index (χ1n) is 8.07. The highest BCUT2D eigenvalue weighted by Gasteiger charge is 2.24. The van der Waals surface area contributed by atoms with Crippen molar-refractivity contribution >= 4 is 23.4 Å². The Morgan fingerprint density at radius 1 is 1.17 bits per heavy atom. The number of amides is 2. The van der Waals surface area contributed by atoms with Crippen LogP contribution >= 0.6 is 11.6 Å². The van der Waals surface area contributed by atoms with E-state index in [0.717, 1.165) is 25.7 Å². The lowest BCUT2D eigenvalue weighted by Crippen LogP contribution is -2.45. The molecule has 1 fully saturated rings. The van der Waals surface area contributed by atoms with Crippen LogP contribution in [0.2, 0.25) is 5.02 Å². The van der Waals surface area contributed by atoms with E-state index in [1.54, 1.807) is 24.3 Å². The summed E-state index contributed by atoms with van der Waals surface area (Å²) in [5.41, 5.74) is 0.546. The van der Waals surface area contributed by atoms with Crippen molar-refractivity contribution in [3.05, 3.63) is 34.9 Å². The molecule has 0 saturated heterocycles. The molecular weight excluding hydrogens is 316 g/mol. The van der Waals surface area contributed by atoms with E-state index in [0.29, 0.717) is 30.0 Å². The minimum absolute atomic E-state index is 0.0725. The molecule has 3 N–H and O–H groups in total. The third-order valence-electron chi connectivity index (χ3n) is 4.05. The van der Waals surface area contributed by atoms with Gasteiger partial charge in [-0.1, -0.05) is 24.4 Å². The number of hydrogen-bond acceptors (Lipinski definition) is 3. The first-order chi connectivity index (χ1) is 11.1. The SMILES string of the molecule is O=C(CCCNC(=O)c1ccc(Cl)cc1)NC1CCCCC1O. The maximum atomic E-state index is 11.9. The van der Waals surface area contributed by atoms with Gasteiger partial charge in [0.05, 0.1) is 12.1 Å². The summed E-state index contributed by atoms with van der Waals surface area (Å²) in [6.45, 7) is 0.433. The summed E-state index contributed by atoms with van der Waals surface area (Å²) in [7, 11) is 0. The number of carbonyl (C=O) groups excluding carboxylic acids is 2. The van der Waals surface area contributed by atoms with Crippen LogP contribution in [-0.2, 0) is 4.79 Å². The van der Waals surface area contributed by atoms with E-state index in [1.165, 1.54) is 0 Å². The number of aliphatic hydroxyl groups excluding tert-OH is 1. The van der Waals surface area contributed by atoms with E-state index in [9.17, 15) is 14.7 Å². The van der Waals surface area contributed by atoms with Crippen LogP contribution < -0.4 is 10.6 Å². The molecule has 0 spiro atoms. The molecule has 2 rings (SSSR count). The third kappa shape index (κ3) is 5.84. The summed E-state index contributed by atoms with van der Waals surface area (Å²) >= 11 is 5.77. The lowest BCUT2D eigenvalue weighted by molar-refractivity contribution is -0.123. The van der Waals surface area contributed by atoms with E-state index >= 15 is 0 Å². The monoisotopic (exact) mass is 338 g/mol. The van der Waals surface area contributed by atoms with Gasteiger partial charge in [0.15, 0.2) is 0 Å². The zero-order chi connectivity index (χ0) is 16.7. The van der Waals surface area contributed by atoms with Crippen LogP contribution in [-0.4, -0.2) is 35.6 Å². The smallest absolute Gasteiger partial charge is 0.251 e. The predicted octanol–water partition coefficient (Wildman–Crippen LogP) is 2.27. The minimum atomic E-state index is -0.433. The molecule has 6 heteroatoms. The zero-order valence-electron chi connectivity index (χ0n) is 13.1. The number of halogens is 1. The molecule has 0 radical (unpaired) electrons. The first-order valence-corrected chi connectivity index (χ1v) is 8.45. The highest BCUT2D eigenvalue weighted by Crippen LogP contribution is 2.18. The fourth-order valence-corrected chi connectivity index (χ4v) is 2.84. The average molecular weight is 339 g/mol. The quantitative estimate of drug-likeness (QED) is 0.696. The predicted molar refractivity (Wildman–Crippen MR) is 89.4 cm³/mol. The largest absolute Gasteiger partial charge is 0.391 e. The van der Waals surface area contributed by atoms with Gasteiger partial charge in [-0.15, -0.1) is 0 Å². The van der Waals surface area contributed by atoms with Gasteiger partial charge in [0.2, 0.25) is 5.91 Å². The molecule has 1 saturated carbocycles. The molecule has 0 heterocycles. The van der Waals surface area contributed by atoms with Crippen LogP contribution in [0.15, 0.2) is 24.3 Å². The molecule has 5 nitrogen and oxygen atoms in total. The Hall–Kier alpha value is -1.59. The molecular formula is C17H23ClN2O3. The van der Waals surface area contributed by atoms with Crippen LogP contribution in [0.1, 0.15) is 48.9 Å². The van der Waals surface area contributed by atoms with Gasteiger partial charge in [-0.05, 0) is 43.5 Å². The molecule has 0 aromatic heterocycles. The maximum Gasteiger partial charge on any atom is 0.251 e. The van der Waals surface area contributed by atoms with Gasteiger partial charge in [0.25, 0.3) is 5.91 Å². The molecule has 2 unspecified atom stereocenters. The molecule has 1 aromatic rings. The van der Waals surface area contributed by atoms with E-state index in [2.05, 4.69) is 10.6 Å². The Kier molecular flexibility index (Phi) is 6.86. The fraction of sp³-hybridized carbons (Fsp3) is 0.529. The zero-order valence-corrected chi connectivity index (χ0v) is 13.8. The van der Waals surface area contributed by atoms with Crippen molar-refractivity contribution in [2.45, 2.75) is 50.7 Å². The average Bonchev–Trinajstić information content (AvgIpc) is 2.54. The molecule has 1 aromatic carbocycles. The molecule has 1 aliphatic carbocycles. The number of benzene rings is 1. The second-order valence-electron chi connectivity index (χ2n) is 5.89. The number of rotatable bonds is 6. The van der Waals surface area contributed by atoms with Gasteiger partial charge in [-0.25, -0.2) is 0 Å².